The van der Waals surface area contributed by atoms with Crippen LogP contribution in [0.4, 0.5) is 16.2 Å². The number of rotatable bonds is 7. The minimum atomic E-state index is -1.13. The second kappa shape index (κ2) is 9.35. The molecule has 3 aromatic carbocycles. The maximum Gasteiger partial charge on any atom is 0.416 e. The Bertz CT molecular complexity index is 1290. The zero-order valence-corrected chi connectivity index (χ0v) is 18.3. The van der Waals surface area contributed by atoms with Crippen LogP contribution in [0.1, 0.15) is 0 Å². The summed E-state index contributed by atoms with van der Waals surface area (Å²) in [6.45, 7) is 0. The quantitative estimate of drug-likeness (QED) is 0.380. The Morgan fingerprint density at radius 2 is 1.48 bits per heavy atom. The summed E-state index contributed by atoms with van der Waals surface area (Å²) >= 11 is 0. The lowest BCUT2D eigenvalue weighted by molar-refractivity contribution is 0.204. The molecule has 168 valence electrons. The average Bonchev–Trinajstić information content (AvgIpc) is 2.84. The molecule has 0 spiro atoms. The van der Waals surface area contributed by atoms with Gasteiger partial charge < -0.3 is 24.1 Å². The molecule has 4 aromatic rings. The molecule has 0 fully saturated rings. The molecule has 0 aliphatic heterocycles. The van der Waals surface area contributed by atoms with E-state index in [9.17, 15) is 9.90 Å². The number of carbonyl (C=O) groups is 1. The summed E-state index contributed by atoms with van der Waals surface area (Å²) in [5.74, 6) is 2.70. The maximum absolute atomic E-state index is 12.0. The first-order valence-corrected chi connectivity index (χ1v) is 10.0. The monoisotopic (exact) mass is 446 g/mol. The third kappa shape index (κ3) is 4.31. The van der Waals surface area contributed by atoms with Crippen LogP contribution < -0.4 is 23.8 Å². The van der Waals surface area contributed by atoms with Crippen LogP contribution >= 0.6 is 0 Å². The molecule has 33 heavy (non-hydrogen) atoms. The van der Waals surface area contributed by atoms with E-state index < -0.39 is 6.09 Å². The van der Waals surface area contributed by atoms with E-state index in [2.05, 4.69) is 4.98 Å². The molecule has 0 bridgehead atoms. The summed E-state index contributed by atoms with van der Waals surface area (Å²) in [4.78, 5) is 17.5. The topological polar surface area (TPSA) is 90.4 Å². The van der Waals surface area contributed by atoms with Crippen LogP contribution in [0.5, 0.6) is 28.7 Å². The first-order valence-electron chi connectivity index (χ1n) is 10.0. The van der Waals surface area contributed by atoms with Crippen molar-refractivity contribution in [3.05, 3.63) is 72.9 Å². The Morgan fingerprint density at radius 3 is 2.15 bits per heavy atom. The van der Waals surface area contributed by atoms with Gasteiger partial charge in [-0.15, -0.1) is 0 Å². The fourth-order valence-corrected chi connectivity index (χ4v) is 3.49. The molecular weight excluding hydrogens is 424 g/mol. The molecule has 8 nitrogen and oxygen atoms in total. The lowest BCUT2D eigenvalue weighted by Crippen LogP contribution is -2.24. The van der Waals surface area contributed by atoms with Gasteiger partial charge in [0, 0.05) is 17.6 Å². The minimum Gasteiger partial charge on any atom is -0.495 e. The summed E-state index contributed by atoms with van der Waals surface area (Å²) in [5, 5.41) is 10.6. The standard InChI is InChI=1S/C25H22N2O6/c1-30-22-7-5-4-6-20(22)27(25(28)29)16-8-10-17(11-9-16)33-21-12-13-26-19-15-24(32-3)23(31-2)14-18(19)21/h4-15H,1-3H3,(H,28,29). The largest absolute Gasteiger partial charge is 0.495 e. The number of methoxy groups -OCH3 is 3. The first-order chi connectivity index (χ1) is 16.0. The van der Waals surface area contributed by atoms with Crippen LogP contribution in [-0.2, 0) is 0 Å². The van der Waals surface area contributed by atoms with Gasteiger partial charge in [-0.05, 0) is 48.5 Å². The van der Waals surface area contributed by atoms with E-state index in [4.69, 9.17) is 18.9 Å². The number of aromatic nitrogens is 1. The average molecular weight is 446 g/mol. The molecular formula is C25H22N2O6. The molecule has 0 saturated heterocycles. The van der Waals surface area contributed by atoms with Gasteiger partial charge in [-0.3, -0.25) is 4.98 Å². The SMILES string of the molecule is COc1cc2nccc(Oc3ccc(N(C(=O)O)c4ccccc4OC)cc3)c2cc1OC. The molecule has 0 atom stereocenters. The number of ether oxygens (including phenoxy) is 4. The number of anilines is 2. The third-order valence-corrected chi connectivity index (χ3v) is 5.05. The molecule has 0 radical (unpaired) electrons. The van der Waals surface area contributed by atoms with Crippen molar-refractivity contribution >= 4 is 28.4 Å². The minimum absolute atomic E-state index is 0.419. The predicted octanol–water partition coefficient (Wildman–Crippen LogP) is 5.87. The van der Waals surface area contributed by atoms with Crippen LogP contribution in [0.25, 0.3) is 10.9 Å². The van der Waals surface area contributed by atoms with Crippen molar-refractivity contribution in [3.8, 4) is 28.7 Å². The molecule has 1 heterocycles. The molecule has 4 rings (SSSR count). The third-order valence-electron chi connectivity index (χ3n) is 5.05. The summed E-state index contributed by atoms with van der Waals surface area (Å²) in [5.41, 5.74) is 1.56. The number of benzene rings is 3. The summed E-state index contributed by atoms with van der Waals surface area (Å²) in [6.07, 6.45) is 0.514. The van der Waals surface area contributed by atoms with Gasteiger partial charge in [0.15, 0.2) is 11.5 Å². The Kier molecular flexibility index (Phi) is 6.17. The van der Waals surface area contributed by atoms with Crippen molar-refractivity contribution in [1.29, 1.82) is 0 Å². The highest BCUT2D eigenvalue weighted by Crippen LogP contribution is 2.38. The Balaban J connectivity index is 1.66. The summed E-state index contributed by atoms with van der Waals surface area (Å²) in [6, 6.07) is 19.0. The van der Waals surface area contributed by atoms with E-state index >= 15 is 0 Å². The molecule has 1 N–H and O–H groups in total. The zero-order valence-electron chi connectivity index (χ0n) is 18.3. The van der Waals surface area contributed by atoms with Gasteiger partial charge in [0.05, 0.1) is 38.2 Å². The number of fused-ring (bicyclic) bond motifs is 1. The number of hydrogen-bond donors (Lipinski definition) is 1. The lowest BCUT2D eigenvalue weighted by atomic mass is 10.1. The van der Waals surface area contributed by atoms with Gasteiger partial charge in [-0.25, -0.2) is 9.69 Å². The summed E-state index contributed by atoms with van der Waals surface area (Å²) < 4.78 is 22.1. The van der Waals surface area contributed by atoms with Crippen LogP contribution in [0.2, 0.25) is 0 Å². The second-order valence-electron chi connectivity index (χ2n) is 6.92. The van der Waals surface area contributed by atoms with Crippen molar-refractivity contribution in [2.24, 2.45) is 0 Å². The zero-order chi connectivity index (χ0) is 23.4. The number of amides is 1. The lowest BCUT2D eigenvalue weighted by Gasteiger charge is -2.22. The van der Waals surface area contributed by atoms with Crippen molar-refractivity contribution in [2.45, 2.75) is 0 Å². The van der Waals surface area contributed by atoms with Gasteiger partial charge in [-0.1, -0.05) is 12.1 Å². The fraction of sp³-hybridized carbons (Fsp3) is 0.120. The fourth-order valence-electron chi connectivity index (χ4n) is 3.49. The van der Waals surface area contributed by atoms with E-state index in [1.165, 1.54) is 7.11 Å². The van der Waals surface area contributed by atoms with Crippen LogP contribution in [0.15, 0.2) is 72.9 Å². The van der Waals surface area contributed by atoms with E-state index in [1.54, 1.807) is 87.1 Å². The van der Waals surface area contributed by atoms with Gasteiger partial charge >= 0.3 is 6.09 Å². The van der Waals surface area contributed by atoms with Gasteiger partial charge in [0.25, 0.3) is 0 Å². The van der Waals surface area contributed by atoms with Crippen LogP contribution in [0.3, 0.4) is 0 Å². The molecule has 0 saturated carbocycles. The van der Waals surface area contributed by atoms with E-state index in [0.29, 0.717) is 45.6 Å². The maximum atomic E-state index is 12.0. The van der Waals surface area contributed by atoms with Crippen molar-refractivity contribution < 1.29 is 28.8 Å². The highest BCUT2D eigenvalue weighted by molar-refractivity contribution is 5.96. The molecule has 0 unspecified atom stereocenters. The van der Waals surface area contributed by atoms with Crippen molar-refractivity contribution in [3.63, 3.8) is 0 Å². The number of nitrogens with zero attached hydrogens (tertiary/aromatic N) is 2. The number of carboxylic acid groups (broad SMARTS) is 1. The van der Waals surface area contributed by atoms with Crippen molar-refractivity contribution in [1.82, 2.24) is 4.98 Å². The van der Waals surface area contributed by atoms with E-state index in [0.717, 1.165) is 10.3 Å². The highest BCUT2D eigenvalue weighted by Gasteiger charge is 2.20. The smallest absolute Gasteiger partial charge is 0.416 e. The Labute approximate surface area is 190 Å². The normalized spacial score (nSPS) is 10.5. The van der Waals surface area contributed by atoms with Gasteiger partial charge in [0.1, 0.15) is 17.2 Å². The van der Waals surface area contributed by atoms with E-state index in [-0.39, 0.29) is 0 Å². The Hall–Kier alpha value is -4.46. The van der Waals surface area contributed by atoms with E-state index in [1.807, 2.05) is 0 Å². The highest BCUT2D eigenvalue weighted by atomic mass is 16.5. The number of pyridine rings is 1. The second-order valence-corrected chi connectivity index (χ2v) is 6.92. The molecule has 1 amide bonds. The number of para-hydroxylation sites is 2. The Morgan fingerprint density at radius 1 is 0.818 bits per heavy atom. The first kappa shape index (κ1) is 21.8. The molecule has 8 heteroatoms. The molecule has 0 aliphatic rings. The molecule has 1 aromatic heterocycles. The van der Waals surface area contributed by atoms with Gasteiger partial charge in [-0.2, -0.15) is 0 Å². The van der Waals surface area contributed by atoms with Crippen LogP contribution in [-0.4, -0.2) is 37.5 Å². The van der Waals surface area contributed by atoms with Gasteiger partial charge in [0.2, 0.25) is 0 Å². The van der Waals surface area contributed by atoms with Crippen molar-refractivity contribution in [2.75, 3.05) is 26.2 Å². The number of hydrogen-bond acceptors (Lipinski definition) is 6. The summed E-state index contributed by atoms with van der Waals surface area (Å²) in [7, 11) is 4.63. The molecule has 0 aliphatic carbocycles. The predicted molar refractivity (Wildman–Crippen MR) is 125 cm³/mol. The van der Waals surface area contributed by atoms with Crippen LogP contribution in [0, 0.1) is 0 Å².